The van der Waals surface area contributed by atoms with Gasteiger partial charge in [0.2, 0.25) is 53.2 Å². The Kier molecular flexibility index (Phi) is 32.8. The molecule has 0 rings (SSSR count). The smallest absolute Gasteiger partial charge is 0.326 e. The minimum absolute atomic E-state index is 0.0290. The number of carboxylic acids is 1. The van der Waals surface area contributed by atoms with Crippen LogP contribution in [0, 0.1) is 0 Å². The second-order valence-corrected chi connectivity index (χ2v) is 17.1. The molecule has 0 aromatic heterocycles. The van der Waals surface area contributed by atoms with Crippen molar-refractivity contribution in [1.29, 1.82) is 0 Å². The van der Waals surface area contributed by atoms with Gasteiger partial charge in [-0.3, -0.25) is 53.1 Å². The van der Waals surface area contributed by atoms with E-state index in [4.69, 9.17) is 28.7 Å². The van der Waals surface area contributed by atoms with E-state index in [1.165, 1.54) is 72.6 Å². The van der Waals surface area contributed by atoms with Gasteiger partial charge in [0.15, 0.2) is 11.9 Å². The first-order valence-electron chi connectivity index (χ1n) is 24.0. The Morgan fingerprint density at radius 1 is 0.443 bits per heavy atom. The predicted octanol–water partition coefficient (Wildman–Crippen LogP) is -2.66. The number of amides is 9. The Balaban J connectivity index is 5.16. The second kappa shape index (κ2) is 36.3. The van der Waals surface area contributed by atoms with Crippen molar-refractivity contribution in [2.75, 3.05) is 19.6 Å². The zero-order valence-corrected chi connectivity index (χ0v) is 41.5. The topological polar surface area (TPSA) is 442 Å². The molecule has 0 unspecified atom stereocenters. The average molecular weight is 996 g/mol. The van der Waals surface area contributed by atoms with E-state index in [-0.39, 0.29) is 63.0 Å². The number of guanidine groups is 2. The van der Waals surface area contributed by atoms with Gasteiger partial charge in [-0.1, -0.05) is 71.1 Å². The largest absolute Gasteiger partial charge is 0.480 e. The monoisotopic (exact) mass is 996 g/mol. The fourth-order valence-electron chi connectivity index (χ4n) is 6.57. The second-order valence-electron chi connectivity index (χ2n) is 17.1. The fraction of sp³-hybridized carbons (Fsp3) is 0.727. The lowest BCUT2D eigenvalue weighted by Crippen LogP contribution is -2.58. The van der Waals surface area contributed by atoms with Gasteiger partial charge >= 0.3 is 5.97 Å². The summed E-state index contributed by atoms with van der Waals surface area (Å²) >= 11 is 0. The molecule has 0 fully saturated rings. The number of carboxylic acid groups (broad SMARTS) is 1. The third-order valence-corrected chi connectivity index (χ3v) is 10.7. The SMILES string of the molecule is CCCCCCCCCCCCCC(=O)NCC(=O)N[C@@H](CC(N)=O)C(=O)N[C@@H](C)C(=O)N[C@@H](C)C(=O)N[C@@H](C)C(=O)N[C@@H](C)C(=O)N[C@@H](CCCN=C(N)N)C(=O)N[C@@H](CCCN=C(N)N)C(=O)O. The molecule has 19 N–H and O–H groups in total. The van der Waals surface area contributed by atoms with E-state index in [9.17, 15) is 53.1 Å². The zero-order chi connectivity index (χ0) is 53.2. The van der Waals surface area contributed by atoms with Crippen LogP contribution in [0.25, 0.3) is 0 Å². The van der Waals surface area contributed by atoms with Gasteiger partial charge < -0.3 is 76.3 Å². The summed E-state index contributed by atoms with van der Waals surface area (Å²) in [6, 6.07) is -9.23. The zero-order valence-electron chi connectivity index (χ0n) is 41.5. The highest BCUT2D eigenvalue weighted by molar-refractivity contribution is 5.98. The molecule has 398 valence electrons. The maximum Gasteiger partial charge on any atom is 0.326 e. The van der Waals surface area contributed by atoms with Crippen LogP contribution in [0.3, 0.4) is 0 Å². The summed E-state index contributed by atoms with van der Waals surface area (Å²) in [4.78, 5) is 135. The van der Waals surface area contributed by atoms with Gasteiger partial charge in [-0.25, -0.2) is 4.79 Å². The van der Waals surface area contributed by atoms with Crippen LogP contribution in [0.5, 0.6) is 0 Å². The van der Waals surface area contributed by atoms with Crippen molar-refractivity contribution < 1.29 is 53.1 Å². The third kappa shape index (κ3) is 30.6. The molecule has 0 aliphatic heterocycles. The number of carbonyl (C=O) groups is 10. The normalized spacial score (nSPS) is 13.7. The van der Waals surface area contributed by atoms with Crippen LogP contribution in [-0.4, -0.2) is 138 Å². The maximum atomic E-state index is 13.2. The summed E-state index contributed by atoms with van der Waals surface area (Å²) in [7, 11) is 0. The Hall–Kier alpha value is -6.76. The molecule has 0 aromatic rings. The molecule has 0 aliphatic rings. The van der Waals surface area contributed by atoms with Crippen molar-refractivity contribution in [2.45, 2.75) is 186 Å². The molecule has 26 nitrogen and oxygen atoms in total. The Bertz CT molecular complexity index is 1770. The number of unbranched alkanes of at least 4 members (excludes halogenated alkanes) is 10. The number of aliphatic carboxylic acids is 1. The van der Waals surface area contributed by atoms with Crippen molar-refractivity contribution >= 4 is 71.1 Å². The van der Waals surface area contributed by atoms with Crippen molar-refractivity contribution in [1.82, 2.24) is 42.5 Å². The molecule has 70 heavy (non-hydrogen) atoms. The van der Waals surface area contributed by atoms with Gasteiger partial charge in [-0.05, 0) is 59.8 Å². The molecule has 0 heterocycles. The number of aliphatic imine (C=N–C) groups is 2. The van der Waals surface area contributed by atoms with Gasteiger partial charge in [-0.2, -0.15) is 0 Å². The number of nitrogens with one attached hydrogen (secondary N) is 8. The number of carbonyl (C=O) groups excluding carboxylic acids is 9. The van der Waals surface area contributed by atoms with E-state index in [0.717, 1.165) is 19.3 Å². The fourth-order valence-corrected chi connectivity index (χ4v) is 6.57. The molecule has 0 saturated heterocycles. The summed E-state index contributed by atoms with van der Waals surface area (Å²) in [6.45, 7) is 7.09. The lowest BCUT2D eigenvalue weighted by Gasteiger charge is -2.24. The summed E-state index contributed by atoms with van der Waals surface area (Å²) in [5.74, 6) is -8.91. The Labute approximate surface area is 410 Å². The first kappa shape index (κ1) is 63.2. The summed E-state index contributed by atoms with van der Waals surface area (Å²) in [5.41, 5.74) is 26.6. The van der Waals surface area contributed by atoms with E-state index >= 15 is 0 Å². The third-order valence-electron chi connectivity index (χ3n) is 10.7. The predicted molar refractivity (Wildman–Crippen MR) is 262 cm³/mol. The standard InChI is InChI=1S/C44H81N15O11/c1-6-7-8-9-10-11-12-13-14-15-16-21-34(61)52-25-35(62)57-32(24-33(45)60)41(68)56-28(4)38(65)54-26(2)36(63)53-27(3)37(64)55-29(5)39(66)58-30(19-17-22-50-43(46)47)40(67)59-31(42(69)70)20-18-23-51-44(48)49/h26-32H,6-25H2,1-5H3,(H2,45,60)(H,52,61)(H,53,63)(H,54,65)(H,55,64)(H,56,68)(H,57,62)(H,58,66)(H,59,67)(H,69,70)(H4,46,47,50)(H4,48,49,51)/t26-,27-,28-,29-,30-,31-,32-/m0/s1. The van der Waals surface area contributed by atoms with E-state index < -0.39 is 108 Å². The molecule has 0 aliphatic carbocycles. The van der Waals surface area contributed by atoms with Crippen LogP contribution in [0.15, 0.2) is 9.98 Å². The summed E-state index contributed by atoms with van der Waals surface area (Å²) < 4.78 is 0. The Morgan fingerprint density at radius 2 is 0.814 bits per heavy atom. The van der Waals surface area contributed by atoms with E-state index in [1.54, 1.807) is 0 Å². The molecule has 0 saturated carbocycles. The lowest BCUT2D eigenvalue weighted by atomic mass is 10.1. The van der Waals surface area contributed by atoms with Gasteiger partial charge in [-0.15, -0.1) is 0 Å². The van der Waals surface area contributed by atoms with Crippen LogP contribution in [0.4, 0.5) is 0 Å². The summed E-state index contributed by atoms with van der Waals surface area (Å²) in [5, 5.41) is 28.9. The Morgan fingerprint density at radius 3 is 1.23 bits per heavy atom. The highest BCUT2D eigenvalue weighted by Gasteiger charge is 2.31. The van der Waals surface area contributed by atoms with Crippen LogP contribution in [-0.2, 0) is 47.9 Å². The molecule has 9 amide bonds. The van der Waals surface area contributed by atoms with E-state index in [2.05, 4.69) is 59.4 Å². The van der Waals surface area contributed by atoms with Crippen molar-refractivity contribution in [3.8, 4) is 0 Å². The highest BCUT2D eigenvalue weighted by atomic mass is 16.4. The number of hydrogen-bond acceptors (Lipinski definition) is 12. The minimum Gasteiger partial charge on any atom is -0.480 e. The number of hydrogen-bond donors (Lipinski definition) is 14. The molecule has 26 heteroatoms. The number of nitrogens with zero attached hydrogens (tertiary/aromatic N) is 2. The van der Waals surface area contributed by atoms with Gasteiger partial charge in [0.05, 0.1) is 13.0 Å². The van der Waals surface area contributed by atoms with E-state index in [0.29, 0.717) is 6.42 Å². The first-order chi connectivity index (χ1) is 33.0. The number of rotatable bonds is 38. The van der Waals surface area contributed by atoms with Crippen molar-refractivity contribution in [3.63, 3.8) is 0 Å². The molecule has 0 aromatic carbocycles. The van der Waals surface area contributed by atoms with Crippen LogP contribution < -0.4 is 71.2 Å². The molecule has 7 atom stereocenters. The van der Waals surface area contributed by atoms with Crippen LogP contribution in [0.1, 0.15) is 144 Å². The molecule has 0 radical (unpaired) electrons. The molecule has 0 spiro atoms. The number of nitrogens with two attached hydrogens (primary N) is 5. The van der Waals surface area contributed by atoms with Crippen molar-refractivity contribution in [2.24, 2.45) is 38.7 Å². The average Bonchev–Trinajstić information content (AvgIpc) is 3.28. The van der Waals surface area contributed by atoms with Crippen molar-refractivity contribution in [3.05, 3.63) is 0 Å². The molecular formula is C44H81N15O11. The highest BCUT2D eigenvalue weighted by Crippen LogP contribution is 2.12. The first-order valence-corrected chi connectivity index (χ1v) is 24.0. The lowest BCUT2D eigenvalue weighted by molar-refractivity contribution is -0.142. The van der Waals surface area contributed by atoms with Crippen LogP contribution >= 0.6 is 0 Å². The van der Waals surface area contributed by atoms with Crippen LogP contribution in [0.2, 0.25) is 0 Å². The van der Waals surface area contributed by atoms with Gasteiger partial charge in [0, 0.05) is 19.5 Å². The minimum atomic E-state index is -1.49. The quantitative estimate of drug-likeness (QED) is 0.0171. The summed E-state index contributed by atoms with van der Waals surface area (Å²) in [6.07, 6.45) is 12.3. The van der Waals surface area contributed by atoms with E-state index in [1.807, 2.05) is 0 Å². The molecule has 0 bridgehead atoms. The maximum absolute atomic E-state index is 13.2. The van der Waals surface area contributed by atoms with Gasteiger partial charge in [0.1, 0.15) is 42.3 Å². The van der Waals surface area contributed by atoms with Gasteiger partial charge in [0.25, 0.3) is 0 Å². The molecular weight excluding hydrogens is 915 g/mol. The number of primary amides is 1.